The van der Waals surface area contributed by atoms with E-state index in [4.69, 9.17) is 5.84 Å². The molecule has 0 saturated heterocycles. The van der Waals surface area contributed by atoms with E-state index in [-0.39, 0.29) is 5.69 Å². The highest BCUT2D eigenvalue weighted by molar-refractivity contribution is 5.99. The van der Waals surface area contributed by atoms with Gasteiger partial charge in [0.1, 0.15) is 5.84 Å². The molecule has 0 heterocycles. The molecule has 0 saturated carbocycles. The van der Waals surface area contributed by atoms with Gasteiger partial charge in [0.25, 0.3) is 5.69 Å². The van der Waals surface area contributed by atoms with Crippen LogP contribution in [-0.4, -0.2) is 17.8 Å². The van der Waals surface area contributed by atoms with Crippen LogP contribution in [0.25, 0.3) is 0 Å². The van der Waals surface area contributed by atoms with E-state index in [1.807, 2.05) is 0 Å². The number of nitrogens with zero attached hydrogens (tertiary/aromatic N) is 2. The van der Waals surface area contributed by atoms with Crippen LogP contribution in [0.2, 0.25) is 0 Å². The van der Waals surface area contributed by atoms with Crippen molar-refractivity contribution in [2.75, 3.05) is 7.05 Å². The number of non-ortho nitro benzene ring substituents is 1. The van der Waals surface area contributed by atoms with Gasteiger partial charge in [-0.1, -0.05) is 0 Å². The molecule has 0 radical (unpaired) electrons. The van der Waals surface area contributed by atoms with Crippen LogP contribution < -0.4 is 11.3 Å². The quantitative estimate of drug-likeness (QED) is 0.246. The summed E-state index contributed by atoms with van der Waals surface area (Å²) < 4.78 is 0. The molecule has 1 aromatic rings. The van der Waals surface area contributed by atoms with Gasteiger partial charge in [0, 0.05) is 24.7 Å². The second-order valence-electron chi connectivity index (χ2n) is 3.03. The van der Waals surface area contributed by atoms with Crippen molar-refractivity contribution >= 4 is 11.5 Å². The first-order valence-electron chi connectivity index (χ1n) is 4.28. The minimum absolute atomic E-state index is 0.0291. The molecular formula is C9H12N4O2. The number of hydrazine groups is 1. The Balaban J connectivity index is 3.25. The van der Waals surface area contributed by atoms with E-state index < -0.39 is 4.92 Å². The maximum Gasteiger partial charge on any atom is 0.270 e. The van der Waals surface area contributed by atoms with Gasteiger partial charge in [-0.05, 0) is 18.6 Å². The lowest BCUT2D eigenvalue weighted by Gasteiger charge is -2.05. The Morgan fingerprint density at radius 2 is 2.20 bits per heavy atom. The predicted octanol–water partition coefficient (Wildman–Crippen LogP) is 0.743. The van der Waals surface area contributed by atoms with Crippen molar-refractivity contribution in [2.45, 2.75) is 6.92 Å². The normalized spacial score (nSPS) is 11.3. The third-order valence-corrected chi connectivity index (χ3v) is 1.91. The molecule has 6 heteroatoms. The first-order chi connectivity index (χ1) is 7.08. The first kappa shape index (κ1) is 11.1. The molecule has 3 N–H and O–H groups in total. The lowest BCUT2D eigenvalue weighted by molar-refractivity contribution is -0.384. The van der Waals surface area contributed by atoms with E-state index in [0.29, 0.717) is 11.4 Å². The minimum Gasteiger partial charge on any atom is -0.308 e. The van der Waals surface area contributed by atoms with E-state index in [9.17, 15) is 10.1 Å². The summed E-state index contributed by atoms with van der Waals surface area (Å²) >= 11 is 0. The van der Waals surface area contributed by atoms with Gasteiger partial charge < -0.3 is 5.43 Å². The van der Waals surface area contributed by atoms with Crippen molar-refractivity contribution in [3.8, 4) is 0 Å². The van der Waals surface area contributed by atoms with Crippen LogP contribution in [0, 0.1) is 17.0 Å². The summed E-state index contributed by atoms with van der Waals surface area (Å²) in [5, 5.41) is 10.6. The molecule has 15 heavy (non-hydrogen) atoms. The van der Waals surface area contributed by atoms with Crippen molar-refractivity contribution in [1.29, 1.82) is 0 Å². The summed E-state index contributed by atoms with van der Waals surface area (Å²) in [5.41, 5.74) is 3.81. The smallest absolute Gasteiger partial charge is 0.270 e. The van der Waals surface area contributed by atoms with Crippen molar-refractivity contribution in [1.82, 2.24) is 5.43 Å². The first-order valence-corrected chi connectivity index (χ1v) is 4.28. The SMILES string of the molecule is CN=C(NN)c1cc(C)cc([N+](=O)[O-])c1. The number of aliphatic imine (C=N–C) groups is 1. The summed E-state index contributed by atoms with van der Waals surface area (Å²) in [5.74, 6) is 5.66. The van der Waals surface area contributed by atoms with E-state index in [2.05, 4.69) is 10.4 Å². The number of aryl methyl sites for hydroxylation is 1. The Hall–Kier alpha value is -1.95. The molecule has 0 amide bonds. The number of nitro benzene ring substituents is 1. The molecule has 0 aliphatic carbocycles. The third-order valence-electron chi connectivity index (χ3n) is 1.91. The second kappa shape index (κ2) is 4.52. The van der Waals surface area contributed by atoms with Crippen molar-refractivity contribution in [3.63, 3.8) is 0 Å². The number of benzene rings is 1. The van der Waals surface area contributed by atoms with Gasteiger partial charge in [-0.2, -0.15) is 0 Å². The maximum absolute atomic E-state index is 10.6. The molecule has 0 aliphatic rings. The molecular weight excluding hydrogens is 196 g/mol. The van der Waals surface area contributed by atoms with Crippen molar-refractivity contribution < 1.29 is 4.92 Å². The molecule has 0 bridgehead atoms. The zero-order valence-corrected chi connectivity index (χ0v) is 8.52. The fourth-order valence-corrected chi connectivity index (χ4v) is 1.28. The fourth-order valence-electron chi connectivity index (χ4n) is 1.28. The number of nitro groups is 1. The van der Waals surface area contributed by atoms with Crippen molar-refractivity contribution in [2.24, 2.45) is 10.8 Å². The molecule has 0 atom stereocenters. The summed E-state index contributed by atoms with van der Waals surface area (Å²) in [6, 6.07) is 4.69. The Morgan fingerprint density at radius 1 is 1.53 bits per heavy atom. The third kappa shape index (κ3) is 2.50. The molecule has 0 aliphatic heterocycles. The molecule has 0 unspecified atom stereocenters. The predicted molar refractivity (Wildman–Crippen MR) is 57.6 cm³/mol. The number of nitrogens with two attached hydrogens (primary N) is 1. The zero-order chi connectivity index (χ0) is 11.4. The zero-order valence-electron chi connectivity index (χ0n) is 8.52. The van der Waals surface area contributed by atoms with E-state index in [0.717, 1.165) is 5.56 Å². The molecule has 0 aromatic heterocycles. The standard InChI is InChI=1S/C9H12N4O2/c1-6-3-7(9(11-2)12-10)5-8(4-6)13(14)15/h3-5H,10H2,1-2H3,(H,11,12). The highest BCUT2D eigenvalue weighted by atomic mass is 16.6. The van der Waals surface area contributed by atoms with Crippen LogP contribution in [0.1, 0.15) is 11.1 Å². The van der Waals surface area contributed by atoms with Gasteiger partial charge >= 0.3 is 0 Å². The van der Waals surface area contributed by atoms with Gasteiger partial charge in [-0.25, -0.2) is 5.84 Å². The Labute approximate surface area is 86.9 Å². The largest absolute Gasteiger partial charge is 0.308 e. The van der Waals surface area contributed by atoms with Gasteiger partial charge in [-0.3, -0.25) is 15.1 Å². The van der Waals surface area contributed by atoms with Crippen LogP contribution in [0.15, 0.2) is 23.2 Å². The van der Waals surface area contributed by atoms with E-state index >= 15 is 0 Å². The summed E-state index contributed by atoms with van der Waals surface area (Å²) in [7, 11) is 1.56. The lowest BCUT2D eigenvalue weighted by atomic mass is 10.1. The topological polar surface area (TPSA) is 93.5 Å². The fraction of sp³-hybridized carbons (Fsp3) is 0.222. The number of amidine groups is 1. The molecule has 0 spiro atoms. The van der Waals surface area contributed by atoms with E-state index in [1.165, 1.54) is 12.1 Å². The molecule has 6 nitrogen and oxygen atoms in total. The minimum atomic E-state index is -0.444. The van der Waals surface area contributed by atoms with Gasteiger partial charge in [0.15, 0.2) is 0 Å². The van der Waals surface area contributed by atoms with Gasteiger partial charge in [0.2, 0.25) is 0 Å². The van der Waals surface area contributed by atoms with Crippen molar-refractivity contribution in [3.05, 3.63) is 39.4 Å². The Morgan fingerprint density at radius 3 is 2.67 bits per heavy atom. The monoisotopic (exact) mass is 208 g/mol. The number of nitrogens with one attached hydrogen (secondary N) is 1. The lowest BCUT2D eigenvalue weighted by Crippen LogP contribution is -2.31. The van der Waals surface area contributed by atoms with E-state index in [1.54, 1.807) is 20.0 Å². The van der Waals surface area contributed by atoms with Crippen LogP contribution in [0.3, 0.4) is 0 Å². The second-order valence-corrected chi connectivity index (χ2v) is 3.03. The van der Waals surface area contributed by atoms with Crippen LogP contribution in [-0.2, 0) is 0 Å². The molecule has 1 rings (SSSR count). The maximum atomic E-state index is 10.6. The summed E-state index contributed by atoms with van der Waals surface area (Å²) in [6.07, 6.45) is 0. The summed E-state index contributed by atoms with van der Waals surface area (Å²) in [6.45, 7) is 1.78. The molecule has 1 aromatic carbocycles. The number of hydrogen-bond acceptors (Lipinski definition) is 4. The van der Waals surface area contributed by atoms with Crippen LogP contribution in [0.4, 0.5) is 5.69 Å². The Bertz CT molecular complexity index is 415. The average molecular weight is 208 g/mol. The molecule has 0 fully saturated rings. The highest BCUT2D eigenvalue weighted by Gasteiger charge is 2.10. The number of hydrogen-bond donors (Lipinski definition) is 2. The molecule has 80 valence electrons. The average Bonchev–Trinajstić information content (AvgIpc) is 2.18. The van der Waals surface area contributed by atoms with Crippen LogP contribution in [0.5, 0.6) is 0 Å². The van der Waals surface area contributed by atoms with Gasteiger partial charge in [0.05, 0.1) is 4.92 Å². The summed E-state index contributed by atoms with van der Waals surface area (Å²) in [4.78, 5) is 14.1. The van der Waals surface area contributed by atoms with Gasteiger partial charge in [-0.15, -0.1) is 0 Å². The number of rotatable bonds is 2. The van der Waals surface area contributed by atoms with Crippen LogP contribution >= 0.6 is 0 Å². The Kier molecular flexibility index (Phi) is 3.35. The highest BCUT2D eigenvalue weighted by Crippen LogP contribution is 2.16.